The Morgan fingerprint density at radius 3 is 2.78 bits per heavy atom. The normalized spacial score (nSPS) is 22.0. The lowest BCUT2D eigenvalue weighted by Gasteiger charge is -2.18. The van der Waals surface area contributed by atoms with Gasteiger partial charge in [-0.25, -0.2) is 8.78 Å². The van der Waals surface area contributed by atoms with E-state index in [2.05, 4.69) is 4.74 Å². The molecule has 1 aromatic carbocycles. The van der Waals surface area contributed by atoms with Gasteiger partial charge in [-0.1, -0.05) is 0 Å². The number of benzene rings is 1. The second kappa shape index (κ2) is 4.04. The summed E-state index contributed by atoms with van der Waals surface area (Å²) >= 11 is 0. The Morgan fingerprint density at radius 2 is 2.17 bits per heavy atom. The second-order valence-electron chi connectivity index (χ2n) is 4.11. The van der Waals surface area contributed by atoms with Crippen LogP contribution in [0.1, 0.15) is 12.5 Å². The number of likely N-dealkylation sites (N-methyl/N-ethyl adjacent to an activating group) is 1. The highest BCUT2D eigenvalue weighted by Gasteiger charge is 2.52. The summed E-state index contributed by atoms with van der Waals surface area (Å²) in [5.74, 6) is -2.22. The number of hydrogen-bond acceptors (Lipinski definition) is 3. The highest BCUT2D eigenvalue weighted by Crippen LogP contribution is 2.42. The molecule has 1 aliphatic heterocycles. The van der Waals surface area contributed by atoms with Crippen molar-refractivity contribution in [2.45, 2.75) is 12.6 Å². The number of anilines is 1. The summed E-state index contributed by atoms with van der Waals surface area (Å²) in [4.78, 5) is 23.6. The molecule has 0 aliphatic carbocycles. The Labute approximate surface area is 102 Å². The lowest BCUT2D eigenvalue weighted by Crippen LogP contribution is -2.39. The Hall–Kier alpha value is -1.98. The van der Waals surface area contributed by atoms with E-state index in [1.807, 2.05) is 0 Å². The molecular formula is C12H11F2NO3. The number of esters is 1. The first kappa shape index (κ1) is 12.5. The first-order valence-corrected chi connectivity index (χ1v) is 5.27. The van der Waals surface area contributed by atoms with Crippen molar-refractivity contribution in [3.05, 3.63) is 29.6 Å². The topological polar surface area (TPSA) is 46.6 Å². The monoisotopic (exact) mass is 255 g/mol. The van der Waals surface area contributed by atoms with E-state index in [9.17, 15) is 18.4 Å². The fraction of sp³-hybridized carbons (Fsp3) is 0.333. The number of rotatable bonds is 2. The minimum atomic E-state index is -2.52. The smallest absolute Gasteiger partial charge is 0.302 e. The minimum absolute atomic E-state index is 0.115. The van der Waals surface area contributed by atoms with Crippen molar-refractivity contribution in [3.8, 4) is 0 Å². The van der Waals surface area contributed by atoms with Crippen LogP contribution >= 0.6 is 0 Å². The molecule has 1 atom stereocenters. The van der Waals surface area contributed by atoms with Gasteiger partial charge in [0.15, 0.2) is 0 Å². The number of carbonyl (C=O) groups is 2. The van der Waals surface area contributed by atoms with Crippen LogP contribution in [0, 0.1) is 5.82 Å². The fourth-order valence-electron chi connectivity index (χ4n) is 1.95. The molecule has 1 heterocycles. The molecule has 0 saturated heterocycles. The average Bonchev–Trinajstić information content (AvgIpc) is 2.50. The van der Waals surface area contributed by atoms with E-state index in [0.29, 0.717) is 0 Å². The van der Waals surface area contributed by atoms with Gasteiger partial charge in [0.05, 0.1) is 5.69 Å². The van der Waals surface area contributed by atoms with E-state index in [1.54, 1.807) is 0 Å². The molecule has 0 bridgehead atoms. The van der Waals surface area contributed by atoms with Gasteiger partial charge in [0.2, 0.25) is 5.67 Å². The molecule has 2 rings (SSSR count). The Bertz CT molecular complexity index is 532. The lowest BCUT2D eigenvalue weighted by molar-refractivity contribution is -0.149. The summed E-state index contributed by atoms with van der Waals surface area (Å²) < 4.78 is 32.4. The van der Waals surface area contributed by atoms with Crippen LogP contribution in [0.2, 0.25) is 0 Å². The highest BCUT2D eigenvalue weighted by molar-refractivity contribution is 6.06. The van der Waals surface area contributed by atoms with Gasteiger partial charge in [0, 0.05) is 19.5 Å². The summed E-state index contributed by atoms with van der Waals surface area (Å²) in [7, 11) is 1.38. The van der Waals surface area contributed by atoms with E-state index >= 15 is 0 Å². The van der Waals surface area contributed by atoms with Gasteiger partial charge in [-0.3, -0.25) is 9.59 Å². The molecule has 1 amide bonds. The number of hydrogen-bond donors (Lipinski definition) is 0. The van der Waals surface area contributed by atoms with Crippen LogP contribution in [0.5, 0.6) is 0 Å². The van der Waals surface area contributed by atoms with Crippen molar-refractivity contribution < 1.29 is 23.1 Å². The zero-order valence-corrected chi connectivity index (χ0v) is 9.87. The average molecular weight is 255 g/mol. The highest BCUT2D eigenvalue weighted by atomic mass is 19.1. The van der Waals surface area contributed by atoms with Gasteiger partial charge in [-0.2, -0.15) is 0 Å². The predicted octanol–water partition coefficient (Wildman–Crippen LogP) is 1.53. The molecule has 0 saturated carbocycles. The van der Waals surface area contributed by atoms with Crippen molar-refractivity contribution in [1.29, 1.82) is 0 Å². The molecular weight excluding hydrogens is 244 g/mol. The van der Waals surface area contributed by atoms with E-state index < -0.39 is 30.0 Å². The van der Waals surface area contributed by atoms with Gasteiger partial charge in [-0.05, 0) is 18.2 Å². The zero-order chi connectivity index (χ0) is 13.5. The third kappa shape index (κ3) is 1.73. The third-order valence-electron chi connectivity index (χ3n) is 2.86. The quantitative estimate of drug-likeness (QED) is 0.753. The fourth-order valence-corrected chi connectivity index (χ4v) is 1.95. The first-order valence-electron chi connectivity index (χ1n) is 5.27. The van der Waals surface area contributed by atoms with Crippen LogP contribution in [-0.4, -0.2) is 25.5 Å². The maximum absolute atomic E-state index is 14.7. The Morgan fingerprint density at radius 1 is 1.50 bits per heavy atom. The molecule has 0 fully saturated rings. The number of fused-ring (bicyclic) bond motifs is 1. The number of carbonyl (C=O) groups excluding carboxylic acids is 2. The van der Waals surface area contributed by atoms with E-state index in [4.69, 9.17) is 0 Å². The minimum Gasteiger partial charge on any atom is -0.461 e. The Kier molecular flexibility index (Phi) is 2.80. The van der Waals surface area contributed by atoms with Gasteiger partial charge < -0.3 is 9.64 Å². The summed E-state index contributed by atoms with van der Waals surface area (Å²) in [6.45, 7) is 0.362. The molecule has 0 aromatic heterocycles. The van der Waals surface area contributed by atoms with Gasteiger partial charge in [-0.15, -0.1) is 0 Å². The van der Waals surface area contributed by atoms with Crippen LogP contribution in [-0.2, 0) is 20.0 Å². The molecule has 0 radical (unpaired) electrons. The van der Waals surface area contributed by atoms with Crippen molar-refractivity contribution >= 4 is 17.6 Å². The SMILES string of the molecule is CC(=O)OCC1(F)C(=O)N(C)c2ccc(F)cc21. The summed E-state index contributed by atoms with van der Waals surface area (Å²) in [6.07, 6.45) is 0. The summed E-state index contributed by atoms with van der Waals surface area (Å²) in [5.41, 5.74) is -2.36. The molecule has 1 unspecified atom stereocenters. The number of nitrogens with zero attached hydrogens (tertiary/aromatic N) is 1. The van der Waals surface area contributed by atoms with Crippen molar-refractivity contribution in [3.63, 3.8) is 0 Å². The third-order valence-corrected chi connectivity index (χ3v) is 2.86. The molecule has 0 N–H and O–H groups in total. The molecule has 18 heavy (non-hydrogen) atoms. The molecule has 96 valence electrons. The number of alkyl halides is 1. The molecule has 4 nitrogen and oxygen atoms in total. The van der Waals surface area contributed by atoms with E-state index in [-0.39, 0.29) is 11.3 Å². The van der Waals surface area contributed by atoms with Crippen LogP contribution < -0.4 is 4.90 Å². The van der Waals surface area contributed by atoms with Crippen molar-refractivity contribution in [2.24, 2.45) is 0 Å². The van der Waals surface area contributed by atoms with E-state index in [1.165, 1.54) is 13.1 Å². The van der Waals surface area contributed by atoms with Crippen molar-refractivity contribution in [1.82, 2.24) is 0 Å². The van der Waals surface area contributed by atoms with Gasteiger partial charge in [0.1, 0.15) is 12.4 Å². The second-order valence-corrected chi connectivity index (χ2v) is 4.11. The zero-order valence-electron chi connectivity index (χ0n) is 9.87. The number of ether oxygens (including phenoxy) is 1. The predicted molar refractivity (Wildman–Crippen MR) is 59.2 cm³/mol. The van der Waals surface area contributed by atoms with Gasteiger partial charge in [0.25, 0.3) is 5.91 Å². The number of halogens is 2. The molecule has 1 aliphatic rings. The molecule has 1 aromatic rings. The lowest BCUT2D eigenvalue weighted by atomic mass is 9.98. The van der Waals surface area contributed by atoms with Crippen LogP contribution in [0.3, 0.4) is 0 Å². The number of amides is 1. The van der Waals surface area contributed by atoms with E-state index in [0.717, 1.165) is 24.0 Å². The largest absolute Gasteiger partial charge is 0.461 e. The van der Waals surface area contributed by atoms with Crippen LogP contribution in [0.4, 0.5) is 14.5 Å². The maximum Gasteiger partial charge on any atom is 0.302 e. The maximum atomic E-state index is 14.7. The summed E-state index contributed by atoms with van der Waals surface area (Å²) in [5, 5.41) is 0. The first-order chi connectivity index (χ1) is 8.36. The standard InChI is InChI=1S/C12H11F2NO3/c1-7(16)18-6-12(14)9-5-8(13)3-4-10(9)15(2)11(12)17/h3-5H,6H2,1-2H3. The van der Waals surface area contributed by atoms with Crippen LogP contribution in [0.25, 0.3) is 0 Å². The van der Waals surface area contributed by atoms with Crippen LogP contribution in [0.15, 0.2) is 18.2 Å². The van der Waals surface area contributed by atoms with Gasteiger partial charge >= 0.3 is 5.97 Å². The Balaban J connectivity index is 2.46. The molecule has 0 spiro atoms. The van der Waals surface area contributed by atoms with Crippen molar-refractivity contribution in [2.75, 3.05) is 18.6 Å². The summed E-state index contributed by atoms with van der Waals surface area (Å²) in [6, 6.07) is 3.40. The molecule has 6 heteroatoms.